The summed E-state index contributed by atoms with van der Waals surface area (Å²) in [6.45, 7) is 0. The first kappa shape index (κ1) is 15.6. The van der Waals surface area contributed by atoms with Crippen molar-refractivity contribution in [2.45, 2.75) is 19.3 Å². The lowest BCUT2D eigenvalue weighted by Gasteiger charge is -2.21. The Bertz CT molecular complexity index is 616. The monoisotopic (exact) mass is 335 g/mol. The predicted molar refractivity (Wildman–Crippen MR) is 81.1 cm³/mol. The summed E-state index contributed by atoms with van der Waals surface area (Å²) in [6.07, 6.45) is 1.58. The fourth-order valence-electron chi connectivity index (χ4n) is 2.33. The Morgan fingerprint density at radius 2 is 2.10 bits per heavy atom. The number of hydrogen-bond donors (Lipinski definition) is 1. The zero-order valence-electron chi connectivity index (χ0n) is 10.7. The summed E-state index contributed by atoms with van der Waals surface area (Å²) in [7, 11) is -2.99. The van der Waals surface area contributed by atoms with Crippen molar-refractivity contribution in [3.8, 4) is 0 Å². The van der Waals surface area contributed by atoms with Crippen LogP contribution < -0.4 is 5.32 Å². The van der Waals surface area contributed by atoms with E-state index >= 15 is 0 Å². The van der Waals surface area contributed by atoms with Crippen molar-refractivity contribution in [3.05, 3.63) is 28.2 Å². The van der Waals surface area contributed by atoms with Gasteiger partial charge >= 0.3 is 0 Å². The van der Waals surface area contributed by atoms with Crippen molar-refractivity contribution in [3.63, 3.8) is 0 Å². The van der Waals surface area contributed by atoms with Gasteiger partial charge in [-0.3, -0.25) is 4.79 Å². The molecule has 1 aromatic carbocycles. The van der Waals surface area contributed by atoms with Crippen LogP contribution in [-0.4, -0.2) is 25.8 Å². The number of carbonyl (C=O) groups is 1. The molecule has 2 rings (SSSR count). The highest BCUT2D eigenvalue weighted by atomic mass is 35.5. The lowest BCUT2D eigenvalue weighted by Crippen LogP contribution is -2.28. The molecule has 1 atom stereocenters. The van der Waals surface area contributed by atoms with Crippen LogP contribution in [0.2, 0.25) is 10.0 Å². The quantitative estimate of drug-likeness (QED) is 0.922. The smallest absolute Gasteiger partial charge is 0.224 e. The van der Waals surface area contributed by atoms with E-state index in [0.29, 0.717) is 22.2 Å². The molecule has 4 nitrogen and oxygen atoms in total. The molecule has 1 aromatic rings. The molecule has 1 amide bonds. The fourth-order valence-corrected chi connectivity index (χ4v) is 4.56. The van der Waals surface area contributed by atoms with Crippen molar-refractivity contribution >= 4 is 44.6 Å². The molecule has 0 bridgehead atoms. The van der Waals surface area contributed by atoms with Crippen LogP contribution in [0.5, 0.6) is 0 Å². The Labute approximate surface area is 128 Å². The number of benzene rings is 1. The largest absolute Gasteiger partial charge is 0.325 e. The molecule has 1 aliphatic heterocycles. The summed E-state index contributed by atoms with van der Waals surface area (Å²) >= 11 is 11.7. The molecule has 1 aliphatic rings. The molecule has 0 radical (unpaired) electrons. The number of hydrogen-bond acceptors (Lipinski definition) is 3. The summed E-state index contributed by atoms with van der Waals surface area (Å²) < 4.78 is 23.0. The van der Waals surface area contributed by atoms with Crippen LogP contribution in [0, 0.1) is 5.92 Å². The first-order valence-corrected chi connectivity index (χ1v) is 8.89. The highest BCUT2D eigenvalue weighted by Gasteiger charge is 2.26. The van der Waals surface area contributed by atoms with Crippen molar-refractivity contribution < 1.29 is 13.2 Å². The standard InChI is InChI=1S/C13H15Cl2NO3S/c14-10-3-4-12(11(15)7-10)16-13(17)6-9-2-1-5-20(18,19)8-9/h3-4,7,9H,1-2,5-6,8H2,(H,16,17). The normalized spacial score (nSPS) is 21.4. The number of halogens is 2. The van der Waals surface area contributed by atoms with E-state index in [1.807, 2.05) is 0 Å². The molecule has 20 heavy (non-hydrogen) atoms. The summed E-state index contributed by atoms with van der Waals surface area (Å²) in [6, 6.07) is 4.80. The minimum absolute atomic E-state index is 0.0920. The second-order valence-corrected chi connectivity index (χ2v) is 8.07. The Balaban J connectivity index is 1.95. The van der Waals surface area contributed by atoms with Crippen molar-refractivity contribution in [1.29, 1.82) is 0 Å². The van der Waals surface area contributed by atoms with Gasteiger partial charge in [-0.25, -0.2) is 8.42 Å². The van der Waals surface area contributed by atoms with Gasteiger partial charge < -0.3 is 5.32 Å². The van der Waals surface area contributed by atoms with E-state index in [9.17, 15) is 13.2 Å². The summed E-state index contributed by atoms with van der Waals surface area (Å²) in [5.41, 5.74) is 0.486. The Morgan fingerprint density at radius 3 is 2.75 bits per heavy atom. The fraction of sp³-hybridized carbons (Fsp3) is 0.462. The minimum atomic E-state index is -2.99. The van der Waals surface area contributed by atoms with E-state index in [1.54, 1.807) is 18.2 Å². The molecule has 1 fully saturated rings. The first-order chi connectivity index (χ1) is 9.35. The predicted octanol–water partition coefficient (Wildman–Crippen LogP) is 3.15. The van der Waals surface area contributed by atoms with Crippen LogP contribution in [-0.2, 0) is 14.6 Å². The highest BCUT2D eigenvalue weighted by molar-refractivity contribution is 7.91. The first-order valence-electron chi connectivity index (χ1n) is 6.31. The van der Waals surface area contributed by atoms with Crippen molar-refractivity contribution in [2.75, 3.05) is 16.8 Å². The molecule has 0 aromatic heterocycles. The lowest BCUT2D eigenvalue weighted by molar-refractivity contribution is -0.117. The van der Waals surface area contributed by atoms with Gasteiger partial charge in [0.2, 0.25) is 5.91 Å². The van der Waals surface area contributed by atoms with Crippen LogP contribution >= 0.6 is 23.2 Å². The van der Waals surface area contributed by atoms with Crippen molar-refractivity contribution in [1.82, 2.24) is 0 Å². The second-order valence-electron chi connectivity index (χ2n) is 5.00. The molecular formula is C13H15Cl2NO3S. The highest BCUT2D eigenvalue weighted by Crippen LogP contribution is 2.27. The summed E-state index contributed by atoms with van der Waals surface area (Å²) in [4.78, 5) is 11.9. The van der Waals surface area contributed by atoms with Gasteiger partial charge in [-0.1, -0.05) is 23.2 Å². The molecule has 0 aliphatic carbocycles. The van der Waals surface area contributed by atoms with E-state index in [2.05, 4.69) is 5.32 Å². The van der Waals surface area contributed by atoms with Gasteiger partial charge in [-0.05, 0) is 37.0 Å². The molecule has 1 heterocycles. The van der Waals surface area contributed by atoms with E-state index in [-0.39, 0.29) is 29.8 Å². The number of anilines is 1. The number of rotatable bonds is 3. The Hall–Kier alpha value is -0.780. The Kier molecular flexibility index (Phi) is 4.94. The minimum Gasteiger partial charge on any atom is -0.325 e. The van der Waals surface area contributed by atoms with E-state index < -0.39 is 9.84 Å². The van der Waals surface area contributed by atoms with Gasteiger partial charge in [-0.2, -0.15) is 0 Å². The average molecular weight is 336 g/mol. The maximum absolute atomic E-state index is 11.9. The topological polar surface area (TPSA) is 63.2 Å². The molecule has 1 unspecified atom stereocenters. The molecular weight excluding hydrogens is 321 g/mol. The van der Waals surface area contributed by atoms with Crippen LogP contribution in [0.15, 0.2) is 18.2 Å². The molecule has 0 saturated carbocycles. The molecule has 7 heteroatoms. The zero-order chi connectivity index (χ0) is 14.8. The Morgan fingerprint density at radius 1 is 1.35 bits per heavy atom. The maximum Gasteiger partial charge on any atom is 0.224 e. The second kappa shape index (κ2) is 6.33. The zero-order valence-corrected chi connectivity index (χ0v) is 13.1. The van der Waals surface area contributed by atoms with Crippen molar-refractivity contribution in [2.24, 2.45) is 5.92 Å². The van der Waals surface area contributed by atoms with Gasteiger partial charge in [0.05, 0.1) is 22.2 Å². The van der Waals surface area contributed by atoms with Gasteiger partial charge in [0.1, 0.15) is 0 Å². The van der Waals surface area contributed by atoms with Crippen LogP contribution in [0.4, 0.5) is 5.69 Å². The third-order valence-electron chi connectivity index (χ3n) is 3.24. The van der Waals surface area contributed by atoms with E-state index in [4.69, 9.17) is 23.2 Å². The number of nitrogens with one attached hydrogen (secondary N) is 1. The van der Waals surface area contributed by atoms with Gasteiger partial charge in [-0.15, -0.1) is 0 Å². The molecule has 1 saturated heterocycles. The van der Waals surface area contributed by atoms with Crippen LogP contribution in [0.1, 0.15) is 19.3 Å². The third-order valence-corrected chi connectivity index (χ3v) is 5.67. The summed E-state index contributed by atoms with van der Waals surface area (Å²) in [5.74, 6) is -0.0146. The SMILES string of the molecule is O=C(CC1CCCS(=O)(=O)C1)Nc1ccc(Cl)cc1Cl. The van der Waals surface area contributed by atoms with Crippen LogP contribution in [0.3, 0.4) is 0 Å². The lowest BCUT2D eigenvalue weighted by atomic mass is 10.0. The third kappa shape index (κ3) is 4.36. The van der Waals surface area contributed by atoms with Gasteiger partial charge in [0, 0.05) is 11.4 Å². The van der Waals surface area contributed by atoms with Crippen LogP contribution in [0.25, 0.3) is 0 Å². The van der Waals surface area contributed by atoms with E-state index in [1.165, 1.54) is 0 Å². The maximum atomic E-state index is 11.9. The summed E-state index contributed by atoms with van der Waals surface area (Å²) in [5, 5.41) is 3.54. The van der Waals surface area contributed by atoms with Gasteiger partial charge in [0.25, 0.3) is 0 Å². The molecule has 110 valence electrons. The average Bonchev–Trinajstić information content (AvgIpc) is 2.31. The van der Waals surface area contributed by atoms with E-state index in [0.717, 1.165) is 6.42 Å². The number of carbonyl (C=O) groups excluding carboxylic acids is 1. The molecule has 0 spiro atoms. The molecule has 1 N–H and O–H groups in total. The number of sulfone groups is 1. The van der Waals surface area contributed by atoms with Gasteiger partial charge in [0.15, 0.2) is 9.84 Å². The number of amides is 1.